The van der Waals surface area contributed by atoms with E-state index >= 15 is 0 Å². The average Bonchev–Trinajstić information content (AvgIpc) is 2.98. The van der Waals surface area contributed by atoms with Crippen molar-refractivity contribution in [1.29, 1.82) is 0 Å². The molecule has 0 fully saturated rings. The molecule has 3 aromatic carbocycles. The molecule has 3 rings (SSSR count). The molecule has 9 heteroatoms. The van der Waals surface area contributed by atoms with Gasteiger partial charge in [-0.05, 0) is 40.4 Å². The molecule has 0 amide bonds. The molecule has 0 aliphatic rings. The highest BCUT2D eigenvalue weighted by atomic mass is 28.4. The molecular formula is C33H43N3O5Si. The highest BCUT2D eigenvalue weighted by Crippen LogP contribution is 2.37. The largest absolute Gasteiger partial charge is 0.416 e. The van der Waals surface area contributed by atoms with Crippen LogP contribution in [0.3, 0.4) is 0 Å². The van der Waals surface area contributed by atoms with E-state index in [0.717, 1.165) is 16.7 Å². The van der Waals surface area contributed by atoms with Crippen molar-refractivity contribution in [3.05, 3.63) is 118 Å². The maximum Gasteiger partial charge on any atom is 0.191 e. The lowest BCUT2D eigenvalue weighted by Crippen LogP contribution is -2.50. The monoisotopic (exact) mass is 589 g/mol. The molecule has 0 radical (unpaired) electrons. The second kappa shape index (κ2) is 16.4. The standard InChI is InChI=1S/C33H43N3O5Si/c1-33(2,3)42(4,5)41-24-29(35-36-34)31(39-22-27-17-11-7-12-18-27)32(40-23-28-19-13-8-14-20-28)30(37)25-38-21-26-15-9-6-10-16-26/h6-20,29,31-32H,21-25H2,1-5H3/t29-,31+,32+/m0/s1. The molecule has 8 nitrogen and oxygen atoms in total. The number of nitrogens with zero attached hydrogens (tertiary/aromatic N) is 3. The Morgan fingerprint density at radius 3 is 1.76 bits per heavy atom. The van der Waals surface area contributed by atoms with Gasteiger partial charge in [0.1, 0.15) is 18.8 Å². The SMILES string of the molecule is CC(C)(C)[Si](C)(C)OC[C@H](N=[N+]=[N-])[C@@H](OCc1ccccc1)[C@H](OCc1ccccc1)C(=O)COCc1ccccc1. The van der Waals surface area contributed by atoms with Crippen LogP contribution in [0, 0.1) is 0 Å². The molecule has 0 spiro atoms. The Morgan fingerprint density at radius 2 is 1.29 bits per heavy atom. The van der Waals surface area contributed by atoms with Gasteiger partial charge >= 0.3 is 0 Å². The van der Waals surface area contributed by atoms with E-state index < -0.39 is 26.6 Å². The van der Waals surface area contributed by atoms with Crippen LogP contribution in [-0.4, -0.2) is 45.6 Å². The molecule has 0 aromatic heterocycles. The van der Waals surface area contributed by atoms with Gasteiger partial charge in [0.25, 0.3) is 0 Å². The Hall–Kier alpha value is -3.30. The maximum absolute atomic E-state index is 13.8. The van der Waals surface area contributed by atoms with Crippen molar-refractivity contribution in [3.63, 3.8) is 0 Å². The normalized spacial score (nSPS) is 14.0. The second-order valence-corrected chi connectivity index (χ2v) is 16.6. The lowest BCUT2D eigenvalue weighted by Gasteiger charge is -2.38. The number of carbonyl (C=O) groups is 1. The minimum Gasteiger partial charge on any atom is -0.416 e. The third kappa shape index (κ3) is 10.5. The van der Waals surface area contributed by atoms with Crippen LogP contribution in [0.1, 0.15) is 37.5 Å². The number of azide groups is 1. The third-order valence-corrected chi connectivity index (χ3v) is 12.0. The smallest absolute Gasteiger partial charge is 0.191 e. The lowest BCUT2D eigenvalue weighted by atomic mass is 10.0. The fourth-order valence-electron chi connectivity index (χ4n) is 3.99. The number of hydrogen-bond donors (Lipinski definition) is 0. The number of rotatable bonds is 17. The van der Waals surface area contributed by atoms with Gasteiger partial charge in [0.05, 0.1) is 25.9 Å². The van der Waals surface area contributed by atoms with Crippen molar-refractivity contribution in [2.75, 3.05) is 13.2 Å². The average molecular weight is 590 g/mol. The predicted molar refractivity (Wildman–Crippen MR) is 167 cm³/mol. The molecule has 0 N–H and O–H groups in total. The third-order valence-electron chi connectivity index (χ3n) is 7.53. The van der Waals surface area contributed by atoms with Crippen LogP contribution < -0.4 is 0 Å². The van der Waals surface area contributed by atoms with Crippen molar-refractivity contribution < 1.29 is 23.4 Å². The summed E-state index contributed by atoms with van der Waals surface area (Å²) in [5.41, 5.74) is 12.3. The van der Waals surface area contributed by atoms with Crippen LogP contribution in [0.2, 0.25) is 18.1 Å². The van der Waals surface area contributed by atoms with E-state index in [2.05, 4.69) is 43.9 Å². The minimum absolute atomic E-state index is 0.0569. The quantitative estimate of drug-likeness (QED) is 0.0696. The summed E-state index contributed by atoms with van der Waals surface area (Å²) in [7, 11) is -2.21. The number of ketones is 1. The highest BCUT2D eigenvalue weighted by molar-refractivity contribution is 6.74. The first-order valence-electron chi connectivity index (χ1n) is 14.2. The summed E-state index contributed by atoms with van der Waals surface area (Å²) in [4.78, 5) is 16.9. The molecule has 0 saturated carbocycles. The predicted octanol–water partition coefficient (Wildman–Crippen LogP) is 7.64. The zero-order chi connectivity index (χ0) is 30.4. The fraction of sp³-hybridized carbons (Fsp3) is 0.424. The summed E-state index contributed by atoms with van der Waals surface area (Å²) < 4.78 is 25.0. The van der Waals surface area contributed by atoms with Crippen LogP contribution in [0.15, 0.2) is 96.1 Å². The maximum atomic E-state index is 13.8. The molecule has 0 aliphatic carbocycles. The van der Waals surface area contributed by atoms with Gasteiger partial charge in [-0.1, -0.05) is 117 Å². The molecule has 42 heavy (non-hydrogen) atoms. The van der Waals surface area contributed by atoms with Gasteiger partial charge in [0, 0.05) is 11.5 Å². The number of ether oxygens (including phenoxy) is 3. The van der Waals surface area contributed by atoms with Crippen LogP contribution in [0.5, 0.6) is 0 Å². The number of Topliss-reactive ketones (excluding diaryl/α,β-unsaturated/α-hetero) is 1. The molecule has 0 saturated heterocycles. The zero-order valence-corrected chi connectivity index (χ0v) is 26.3. The summed E-state index contributed by atoms with van der Waals surface area (Å²) in [6, 6.07) is 28.1. The van der Waals surface area contributed by atoms with E-state index in [0.29, 0.717) is 0 Å². The van der Waals surface area contributed by atoms with Crippen molar-refractivity contribution in [3.8, 4) is 0 Å². The Labute approximate surface area is 250 Å². The van der Waals surface area contributed by atoms with Crippen molar-refractivity contribution in [1.82, 2.24) is 0 Å². The van der Waals surface area contributed by atoms with Gasteiger partial charge in [0.15, 0.2) is 14.1 Å². The van der Waals surface area contributed by atoms with Gasteiger partial charge in [0.2, 0.25) is 0 Å². The van der Waals surface area contributed by atoms with Crippen molar-refractivity contribution in [2.45, 2.75) is 77.0 Å². The molecule has 0 bridgehead atoms. The molecule has 0 aliphatic heterocycles. The number of hydrogen-bond acceptors (Lipinski definition) is 6. The molecule has 224 valence electrons. The Balaban J connectivity index is 1.89. The Kier molecular flexibility index (Phi) is 12.9. The van der Waals surface area contributed by atoms with E-state index in [1.54, 1.807) is 0 Å². The molecule has 3 aromatic rings. The lowest BCUT2D eigenvalue weighted by molar-refractivity contribution is -0.153. The molecule has 3 atom stereocenters. The van der Waals surface area contributed by atoms with E-state index in [-0.39, 0.29) is 43.9 Å². The first-order valence-corrected chi connectivity index (χ1v) is 17.1. The van der Waals surface area contributed by atoms with Crippen LogP contribution in [0.25, 0.3) is 10.4 Å². The van der Waals surface area contributed by atoms with E-state index in [1.807, 2.05) is 91.0 Å². The van der Waals surface area contributed by atoms with Gasteiger partial charge in [-0.2, -0.15) is 0 Å². The topological polar surface area (TPSA) is 103 Å². The molecular weight excluding hydrogens is 546 g/mol. The summed E-state index contributed by atoms with van der Waals surface area (Å²) in [5, 5.41) is 4.03. The minimum atomic E-state index is -2.21. The molecule has 0 unspecified atom stereocenters. The Bertz CT molecular complexity index is 1260. The van der Waals surface area contributed by atoms with Crippen molar-refractivity contribution >= 4 is 14.1 Å². The van der Waals surface area contributed by atoms with Gasteiger partial charge in [-0.25, -0.2) is 0 Å². The summed E-state index contributed by atoms with van der Waals surface area (Å²) in [6.07, 6.45) is -1.98. The van der Waals surface area contributed by atoms with Crippen LogP contribution in [0.4, 0.5) is 0 Å². The van der Waals surface area contributed by atoms with E-state index in [9.17, 15) is 10.3 Å². The van der Waals surface area contributed by atoms with E-state index in [4.69, 9.17) is 18.6 Å². The van der Waals surface area contributed by atoms with Gasteiger partial charge < -0.3 is 18.6 Å². The highest BCUT2D eigenvalue weighted by Gasteiger charge is 2.41. The first-order chi connectivity index (χ1) is 20.1. The van der Waals surface area contributed by atoms with Gasteiger partial charge in [-0.15, -0.1) is 0 Å². The second-order valence-electron chi connectivity index (χ2n) is 11.8. The first kappa shape index (κ1) is 33.2. The Morgan fingerprint density at radius 1 is 0.810 bits per heavy atom. The fourth-order valence-corrected chi connectivity index (χ4v) is 5.01. The number of benzene rings is 3. The van der Waals surface area contributed by atoms with Crippen LogP contribution in [-0.2, 0) is 43.3 Å². The summed E-state index contributed by atoms with van der Waals surface area (Å²) in [6.45, 7) is 11.3. The number of carbonyl (C=O) groups excluding carboxylic acids is 1. The van der Waals surface area contributed by atoms with E-state index in [1.165, 1.54) is 0 Å². The molecule has 0 heterocycles. The summed E-state index contributed by atoms with van der Waals surface area (Å²) in [5.74, 6) is -0.301. The summed E-state index contributed by atoms with van der Waals surface area (Å²) >= 11 is 0. The van der Waals surface area contributed by atoms with Crippen LogP contribution >= 0.6 is 0 Å². The van der Waals surface area contributed by atoms with Crippen molar-refractivity contribution in [2.24, 2.45) is 5.11 Å². The zero-order valence-electron chi connectivity index (χ0n) is 25.3. The van der Waals surface area contributed by atoms with Gasteiger partial charge in [-0.3, -0.25) is 4.79 Å².